The highest BCUT2D eigenvalue weighted by molar-refractivity contribution is 8.13. The zero-order valence-electron chi connectivity index (χ0n) is 10.7. The van der Waals surface area contributed by atoms with Gasteiger partial charge in [-0.1, -0.05) is 0 Å². The first kappa shape index (κ1) is 15.5. The van der Waals surface area contributed by atoms with Gasteiger partial charge < -0.3 is 4.74 Å². The van der Waals surface area contributed by atoms with Crippen molar-refractivity contribution in [3.63, 3.8) is 0 Å². The largest absolute Gasteiger partial charge is 0.493 e. The van der Waals surface area contributed by atoms with E-state index in [0.717, 1.165) is 0 Å². The molecule has 1 heterocycles. The molecule has 2 aromatic rings. The summed E-state index contributed by atoms with van der Waals surface area (Å²) in [6.45, 7) is 0.133. The highest BCUT2D eigenvalue weighted by Gasteiger charge is 2.16. The molecule has 0 atom stereocenters. The van der Waals surface area contributed by atoms with Crippen molar-refractivity contribution in [2.45, 2.75) is 6.42 Å². The first-order valence-corrected chi connectivity index (χ1v) is 8.43. The van der Waals surface area contributed by atoms with Crippen molar-refractivity contribution < 1.29 is 18.1 Å². The van der Waals surface area contributed by atoms with Crippen molar-refractivity contribution in [1.82, 2.24) is 4.98 Å². The molecule has 0 N–H and O–H groups in total. The number of pyridine rings is 1. The van der Waals surface area contributed by atoms with Crippen molar-refractivity contribution in [2.24, 2.45) is 0 Å². The van der Waals surface area contributed by atoms with E-state index in [9.17, 15) is 18.5 Å². The minimum absolute atomic E-state index is 0.110. The maximum absolute atomic E-state index is 10.9. The molecule has 0 fully saturated rings. The third-order valence-corrected chi connectivity index (χ3v) is 3.93. The Bertz CT molecular complexity index is 778. The van der Waals surface area contributed by atoms with E-state index in [1.54, 1.807) is 12.1 Å². The van der Waals surface area contributed by atoms with Gasteiger partial charge in [-0.25, -0.2) is 13.4 Å². The molecule has 2 rings (SSSR count). The Balaban J connectivity index is 2.22. The van der Waals surface area contributed by atoms with Crippen LogP contribution in [-0.4, -0.2) is 30.7 Å². The quantitative estimate of drug-likeness (QED) is 0.349. The lowest BCUT2D eigenvalue weighted by atomic mass is 10.1. The number of halogens is 1. The monoisotopic (exact) mass is 330 g/mol. The van der Waals surface area contributed by atoms with Crippen LogP contribution in [0.2, 0.25) is 0 Å². The SMILES string of the molecule is O=[N+]([O-])c1ccc(OCCCS(=O)(=O)Cl)c2cccnc12. The van der Waals surface area contributed by atoms with Crippen LogP contribution < -0.4 is 4.74 Å². The highest BCUT2D eigenvalue weighted by atomic mass is 35.7. The van der Waals surface area contributed by atoms with Crippen LogP contribution in [0.25, 0.3) is 10.9 Å². The summed E-state index contributed by atoms with van der Waals surface area (Å²) in [5, 5.41) is 11.4. The molecule has 0 spiro atoms. The van der Waals surface area contributed by atoms with E-state index in [4.69, 9.17) is 15.4 Å². The van der Waals surface area contributed by atoms with Gasteiger partial charge in [0.05, 0.1) is 17.3 Å². The van der Waals surface area contributed by atoms with Gasteiger partial charge in [-0.15, -0.1) is 0 Å². The molecule has 0 unspecified atom stereocenters. The van der Waals surface area contributed by atoms with E-state index in [2.05, 4.69) is 4.98 Å². The van der Waals surface area contributed by atoms with Gasteiger partial charge in [0, 0.05) is 28.3 Å². The van der Waals surface area contributed by atoms with Gasteiger partial charge in [0.2, 0.25) is 9.05 Å². The minimum atomic E-state index is -3.55. The number of benzene rings is 1. The molecule has 0 aliphatic rings. The summed E-state index contributed by atoms with van der Waals surface area (Å²) in [7, 11) is 1.55. The summed E-state index contributed by atoms with van der Waals surface area (Å²) in [6, 6.07) is 6.07. The number of non-ortho nitro benzene ring substituents is 1. The fourth-order valence-corrected chi connectivity index (χ4v) is 2.61. The minimum Gasteiger partial charge on any atom is -0.493 e. The van der Waals surface area contributed by atoms with E-state index in [1.165, 1.54) is 18.3 Å². The summed E-state index contributed by atoms with van der Waals surface area (Å²) in [5.41, 5.74) is 0.117. The van der Waals surface area contributed by atoms with Gasteiger partial charge in [-0.2, -0.15) is 0 Å². The number of ether oxygens (including phenoxy) is 1. The summed E-state index contributed by atoms with van der Waals surface area (Å²) in [6.07, 6.45) is 1.68. The molecule has 1 aromatic heterocycles. The standard InChI is InChI=1S/C12H11ClN2O5S/c13-21(18,19)8-2-7-20-11-5-4-10(15(16)17)12-9(11)3-1-6-14-12/h1,3-6H,2,7-8H2. The number of fused-ring (bicyclic) bond motifs is 1. The second-order valence-corrected chi connectivity index (χ2v) is 7.08. The predicted octanol–water partition coefficient (Wildman–Crippen LogP) is 2.48. The van der Waals surface area contributed by atoms with Crippen LogP contribution >= 0.6 is 10.7 Å². The Morgan fingerprint density at radius 3 is 2.76 bits per heavy atom. The van der Waals surface area contributed by atoms with Gasteiger partial charge >= 0.3 is 0 Å². The van der Waals surface area contributed by atoms with Crippen molar-refractivity contribution in [1.29, 1.82) is 0 Å². The normalized spacial score (nSPS) is 11.5. The maximum Gasteiger partial charge on any atom is 0.295 e. The number of nitrogens with zero attached hydrogens (tertiary/aromatic N) is 2. The molecule has 0 saturated heterocycles. The molecule has 1 aromatic carbocycles. The second kappa shape index (κ2) is 6.23. The summed E-state index contributed by atoms with van der Waals surface area (Å²) in [4.78, 5) is 14.4. The second-order valence-electron chi connectivity index (χ2n) is 4.18. The Hall–Kier alpha value is -1.93. The number of aromatic nitrogens is 1. The Labute approximate surface area is 125 Å². The van der Waals surface area contributed by atoms with Crippen LogP contribution in [0, 0.1) is 10.1 Å². The summed E-state index contributed by atoms with van der Waals surface area (Å²) < 4.78 is 27.1. The number of hydrogen-bond donors (Lipinski definition) is 0. The Kier molecular flexibility index (Phi) is 4.59. The maximum atomic E-state index is 10.9. The third kappa shape index (κ3) is 4.02. The highest BCUT2D eigenvalue weighted by Crippen LogP contribution is 2.31. The van der Waals surface area contributed by atoms with Crippen molar-refractivity contribution in [2.75, 3.05) is 12.4 Å². The first-order chi connectivity index (χ1) is 9.88. The van der Waals surface area contributed by atoms with Gasteiger partial charge in [0.15, 0.2) is 5.52 Å². The predicted molar refractivity (Wildman–Crippen MR) is 78.1 cm³/mol. The fourth-order valence-electron chi connectivity index (χ4n) is 1.82. The number of rotatable bonds is 6. The Morgan fingerprint density at radius 2 is 2.10 bits per heavy atom. The van der Waals surface area contributed by atoms with Gasteiger partial charge in [0.1, 0.15) is 5.75 Å². The number of hydrogen-bond acceptors (Lipinski definition) is 6. The third-order valence-electron chi connectivity index (χ3n) is 2.70. The van der Waals surface area contributed by atoms with E-state index >= 15 is 0 Å². The van der Waals surface area contributed by atoms with E-state index in [1.807, 2.05) is 0 Å². The van der Waals surface area contributed by atoms with Gasteiger partial charge in [-0.05, 0) is 24.6 Å². The van der Waals surface area contributed by atoms with Crippen LogP contribution in [0.4, 0.5) is 5.69 Å². The smallest absolute Gasteiger partial charge is 0.295 e. The lowest BCUT2D eigenvalue weighted by Crippen LogP contribution is -2.05. The zero-order chi connectivity index (χ0) is 15.5. The fraction of sp³-hybridized carbons (Fsp3) is 0.250. The lowest BCUT2D eigenvalue weighted by Gasteiger charge is -2.08. The molecule has 0 aliphatic heterocycles. The van der Waals surface area contributed by atoms with E-state index in [-0.39, 0.29) is 30.0 Å². The van der Waals surface area contributed by atoms with Crippen molar-refractivity contribution in [3.05, 3.63) is 40.6 Å². The van der Waals surface area contributed by atoms with Crippen LogP contribution in [0.3, 0.4) is 0 Å². The Morgan fingerprint density at radius 1 is 1.33 bits per heavy atom. The van der Waals surface area contributed by atoms with Crippen LogP contribution in [0.5, 0.6) is 5.75 Å². The van der Waals surface area contributed by atoms with Crippen molar-refractivity contribution in [3.8, 4) is 5.75 Å². The van der Waals surface area contributed by atoms with Gasteiger partial charge in [0.25, 0.3) is 5.69 Å². The summed E-state index contributed by atoms with van der Waals surface area (Å²) in [5.74, 6) is 0.216. The van der Waals surface area contributed by atoms with Crippen molar-refractivity contribution >= 4 is 36.3 Å². The molecular weight excluding hydrogens is 320 g/mol. The van der Waals surface area contributed by atoms with Crippen LogP contribution in [0.15, 0.2) is 30.5 Å². The zero-order valence-corrected chi connectivity index (χ0v) is 12.3. The number of nitro benzene ring substituents is 1. The summed E-state index contributed by atoms with van der Waals surface area (Å²) >= 11 is 0. The lowest BCUT2D eigenvalue weighted by molar-refractivity contribution is -0.383. The van der Waals surface area contributed by atoms with Gasteiger partial charge in [-0.3, -0.25) is 10.1 Å². The molecule has 112 valence electrons. The van der Waals surface area contributed by atoms with E-state index < -0.39 is 14.0 Å². The molecule has 9 heteroatoms. The topological polar surface area (TPSA) is 99.4 Å². The van der Waals surface area contributed by atoms with E-state index in [0.29, 0.717) is 11.1 Å². The molecule has 0 bridgehead atoms. The molecule has 21 heavy (non-hydrogen) atoms. The molecular formula is C12H11ClN2O5S. The molecule has 7 nitrogen and oxygen atoms in total. The first-order valence-electron chi connectivity index (χ1n) is 5.96. The molecule has 0 amide bonds. The van der Waals surface area contributed by atoms with Crippen LogP contribution in [0.1, 0.15) is 6.42 Å². The number of nitro groups is 1. The average Bonchev–Trinajstić information content (AvgIpc) is 2.42. The van der Waals surface area contributed by atoms with Crippen LogP contribution in [-0.2, 0) is 9.05 Å². The average molecular weight is 331 g/mol. The molecule has 0 radical (unpaired) electrons. The molecule has 0 aliphatic carbocycles. The molecule has 0 saturated carbocycles.